The molecule has 0 fully saturated rings. The highest BCUT2D eigenvalue weighted by molar-refractivity contribution is 5.31. The van der Waals surface area contributed by atoms with E-state index >= 15 is 0 Å². The van der Waals surface area contributed by atoms with Crippen molar-refractivity contribution < 1.29 is 13.5 Å². The third kappa shape index (κ3) is 3.33. The summed E-state index contributed by atoms with van der Waals surface area (Å²) >= 11 is 0. The summed E-state index contributed by atoms with van der Waals surface area (Å²) in [6, 6.07) is 4.35. The Kier molecular flexibility index (Phi) is 4.68. The van der Waals surface area contributed by atoms with Crippen molar-refractivity contribution >= 4 is 0 Å². The molecule has 0 aliphatic heterocycles. The van der Waals surface area contributed by atoms with Crippen LogP contribution in [-0.4, -0.2) is 22.9 Å². The number of hydrogen-bond donors (Lipinski definition) is 1. The fourth-order valence-electron chi connectivity index (χ4n) is 1.97. The maximum Gasteiger partial charge on any atom is 0.190 e. The number of hydrogen-bond acceptors (Lipinski definition) is 3. The second kappa shape index (κ2) is 6.47. The summed E-state index contributed by atoms with van der Waals surface area (Å²) in [5.41, 5.74) is 6.83. The van der Waals surface area contributed by atoms with Crippen LogP contribution in [-0.2, 0) is 19.9 Å². The van der Waals surface area contributed by atoms with Crippen LogP contribution in [0.25, 0.3) is 0 Å². The second-order valence-electron chi connectivity index (χ2n) is 4.47. The van der Waals surface area contributed by atoms with Crippen LogP contribution in [0.2, 0.25) is 0 Å². The summed E-state index contributed by atoms with van der Waals surface area (Å²) in [6.45, 7) is 0.531. The largest absolute Gasteiger partial charge is 0.487 e. The van der Waals surface area contributed by atoms with Crippen molar-refractivity contribution in [2.75, 3.05) is 13.2 Å². The van der Waals surface area contributed by atoms with Gasteiger partial charge in [0.2, 0.25) is 0 Å². The molecule has 0 saturated heterocycles. The van der Waals surface area contributed by atoms with Crippen LogP contribution in [0.4, 0.5) is 8.78 Å². The number of ether oxygens (including phenoxy) is 1. The normalized spacial score (nSPS) is 10.8. The Morgan fingerprint density at radius 3 is 2.50 bits per heavy atom. The molecule has 0 aliphatic carbocycles. The first-order valence-corrected chi connectivity index (χ1v) is 6.39. The fraction of sp³-hybridized carbons (Fsp3) is 0.357. The molecule has 6 heteroatoms. The van der Waals surface area contributed by atoms with E-state index in [2.05, 4.69) is 5.10 Å². The van der Waals surface area contributed by atoms with E-state index in [1.54, 1.807) is 17.9 Å². The Morgan fingerprint density at radius 2 is 1.95 bits per heavy atom. The Balaban J connectivity index is 2.01. The van der Waals surface area contributed by atoms with Crippen molar-refractivity contribution in [3.05, 3.63) is 47.3 Å². The molecule has 0 radical (unpaired) electrons. The number of nitrogens with zero attached hydrogens (tertiary/aromatic N) is 2. The van der Waals surface area contributed by atoms with Crippen molar-refractivity contribution in [2.45, 2.75) is 12.8 Å². The molecule has 2 N–H and O–H groups in total. The first kappa shape index (κ1) is 14.5. The average molecular weight is 281 g/mol. The number of halogens is 2. The first-order valence-electron chi connectivity index (χ1n) is 6.39. The molecule has 1 aromatic heterocycles. The van der Waals surface area contributed by atoms with Crippen LogP contribution in [0.15, 0.2) is 24.4 Å². The number of aromatic nitrogens is 2. The zero-order valence-corrected chi connectivity index (χ0v) is 11.3. The van der Waals surface area contributed by atoms with Crippen molar-refractivity contribution in [3.8, 4) is 5.75 Å². The predicted molar refractivity (Wildman–Crippen MR) is 71.5 cm³/mol. The summed E-state index contributed by atoms with van der Waals surface area (Å²) in [4.78, 5) is 0. The maximum absolute atomic E-state index is 13.8. The standard InChI is InChI=1S/C14H17F2N3O/c1-19-11(3-6-18-19)4-7-20-14-12(15)8-10(2-5-17)9-13(14)16/h3,6,8-9H,2,4-5,7,17H2,1H3. The van der Waals surface area contributed by atoms with Crippen molar-refractivity contribution in [1.82, 2.24) is 9.78 Å². The molecule has 0 spiro atoms. The Bertz CT molecular complexity index is 561. The minimum atomic E-state index is -0.696. The van der Waals surface area contributed by atoms with Gasteiger partial charge in [0.15, 0.2) is 17.4 Å². The molecule has 2 aromatic rings. The average Bonchev–Trinajstić information content (AvgIpc) is 2.79. The predicted octanol–water partition coefficient (Wildman–Crippen LogP) is 1.82. The third-order valence-electron chi connectivity index (χ3n) is 3.02. The van der Waals surface area contributed by atoms with Crippen LogP contribution in [0, 0.1) is 11.6 Å². The molecule has 0 bridgehead atoms. The molecular weight excluding hydrogens is 264 g/mol. The first-order chi connectivity index (χ1) is 9.61. The highest BCUT2D eigenvalue weighted by Gasteiger charge is 2.12. The van der Waals surface area contributed by atoms with Gasteiger partial charge in [-0.05, 0) is 36.7 Å². The van der Waals surface area contributed by atoms with Gasteiger partial charge in [-0.3, -0.25) is 4.68 Å². The lowest BCUT2D eigenvalue weighted by Gasteiger charge is -2.10. The molecule has 1 aromatic carbocycles. The van der Waals surface area contributed by atoms with Gasteiger partial charge in [0, 0.05) is 25.4 Å². The van der Waals surface area contributed by atoms with Gasteiger partial charge in [-0.25, -0.2) is 8.78 Å². The summed E-state index contributed by atoms with van der Waals surface area (Å²) in [7, 11) is 1.80. The van der Waals surface area contributed by atoms with E-state index in [1.807, 2.05) is 6.07 Å². The Hall–Kier alpha value is -1.95. The summed E-state index contributed by atoms with van der Waals surface area (Å²) in [6.07, 6.45) is 2.63. The number of aryl methyl sites for hydroxylation is 1. The van der Waals surface area contributed by atoms with E-state index in [-0.39, 0.29) is 12.4 Å². The topological polar surface area (TPSA) is 53.1 Å². The van der Waals surface area contributed by atoms with Crippen LogP contribution in [0.3, 0.4) is 0 Å². The van der Waals surface area contributed by atoms with Gasteiger partial charge in [0.05, 0.1) is 6.61 Å². The summed E-state index contributed by atoms with van der Waals surface area (Å²) < 4.78 is 34.4. The van der Waals surface area contributed by atoms with Gasteiger partial charge in [-0.15, -0.1) is 0 Å². The fourth-order valence-corrected chi connectivity index (χ4v) is 1.97. The van der Waals surface area contributed by atoms with E-state index < -0.39 is 11.6 Å². The summed E-state index contributed by atoms with van der Waals surface area (Å²) in [5, 5.41) is 4.01. The van der Waals surface area contributed by atoms with Crippen molar-refractivity contribution in [2.24, 2.45) is 12.8 Å². The zero-order valence-electron chi connectivity index (χ0n) is 11.3. The molecule has 1 heterocycles. The zero-order chi connectivity index (χ0) is 14.5. The van der Waals surface area contributed by atoms with E-state index in [4.69, 9.17) is 10.5 Å². The Labute approximate surface area is 116 Å². The highest BCUT2D eigenvalue weighted by Crippen LogP contribution is 2.23. The molecule has 0 amide bonds. The molecule has 20 heavy (non-hydrogen) atoms. The van der Waals surface area contributed by atoms with E-state index in [9.17, 15) is 8.78 Å². The molecule has 108 valence electrons. The molecule has 2 rings (SSSR count). The molecule has 0 atom stereocenters. The van der Waals surface area contributed by atoms with Crippen LogP contribution >= 0.6 is 0 Å². The summed E-state index contributed by atoms with van der Waals surface area (Å²) in [5.74, 6) is -1.73. The van der Waals surface area contributed by atoms with Crippen LogP contribution < -0.4 is 10.5 Å². The minimum absolute atomic E-state index is 0.184. The molecule has 0 unspecified atom stereocenters. The van der Waals surface area contributed by atoms with Gasteiger partial charge in [0.1, 0.15) is 0 Å². The smallest absolute Gasteiger partial charge is 0.190 e. The van der Waals surface area contributed by atoms with Crippen LogP contribution in [0.5, 0.6) is 5.75 Å². The monoisotopic (exact) mass is 281 g/mol. The quantitative estimate of drug-likeness (QED) is 0.878. The van der Waals surface area contributed by atoms with Gasteiger partial charge < -0.3 is 10.5 Å². The van der Waals surface area contributed by atoms with E-state index in [0.717, 1.165) is 5.69 Å². The van der Waals surface area contributed by atoms with E-state index in [0.29, 0.717) is 24.9 Å². The molecule has 0 aliphatic rings. The maximum atomic E-state index is 13.8. The molecular formula is C14H17F2N3O. The lowest BCUT2D eigenvalue weighted by atomic mass is 10.1. The SMILES string of the molecule is Cn1nccc1CCOc1c(F)cc(CCN)cc1F. The van der Waals surface area contributed by atoms with Gasteiger partial charge in [0.25, 0.3) is 0 Å². The highest BCUT2D eigenvalue weighted by atomic mass is 19.1. The second-order valence-corrected chi connectivity index (χ2v) is 4.47. The minimum Gasteiger partial charge on any atom is -0.487 e. The lowest BCUT2D eigenvalue weighted by molar-refractivity contribution is 0.285. The van der Waals surface area contributed by atoms with Crippen LogP contribution in [0.1, 0.15) is 11.3 Å². The Morgan fingerprint density at radius 1 is 1.25 bits per heavy atom. The number of benzene rings is 1. The third-order valence-corrected chi connectivity index (χ3v) is 3.02. The van der Waals surface area contributed by atoms with Gasteiger partial charge in [-0.2, -0.15) is 5.10 Å². The van der Waals surface area contributed by atoms with Gasteiger partial charge in [-0.1, -0.05) is 0 Å². The number of rotatable bonds is 6. The molecule has 0 saturated carbocycles. The molecule has 4 nitrogen and oxygen atoms in total. The van der Waals surface area contributed by atoms with E-state index in [1.165, 1.54) is 12.1 Å². The van der Waals surface area contributed by atoms with Crippen molar-refractivity contribution in [3.63, 3.8) is 0 Å². The van der Waals surface area contributed by atoms with Crippen molar-refractivity contribution in [1.29, 1.82) is 0 Å². The lowest BCUT2D eigenvalue weighted by Crippen LogP contribution is -2.09. The number of nitrogens with two attached hydrogens (primary N) is 1. The van der Waals surface area contributed by atoms with Gasteiger partial charge >= 0.3 is 0 Å².